The van der Waals surface area contributed by atoms with Crippen molar-refractivity contribution in [2.45, 2.75) is 0 Å². The van der Waals surface area contributed by atoms with Crippen molar-refractivity contribution < 1.29 is 9.53 Å². The molecular weight excluding hydrogens is 154 g/mol. The number of aromatic nitrogens is 1. The predicted molar refractivity (Wildman–Crippen MR) is 35.9 cm³/mol. The second-order valence-corrected chi connectivity index (χ2v) is 1.86. The van der Waals surface area contributed by atoms with Gasteiger partial charge in [0.2, 0.25) is 0 Å². The number of nitrogens with zero attached hydrogens (tertiary/aromatic N) is 1. The molecule has 1 rings (SSSR count). The van der Waals surface area contributed by atoms with E-state index in [-0.39, 0.29) is 10.9 Å². The first kappa shape index (κ1) is 7.02. The van der Waals surface area contributed by atoms with E-state index in [4.69, 9.17) is 11.6 Å². The van der Waals surface area contributed by atoms with Gasteiger partial charge < -0.3 is 4.74 Å². The highest BCUT2D eigenvalue weighted by atomic mass is 35.5. The maximum Gasteiger partial charge on any atom is 0.298 e. The number of hydrogen-bond donors (Lipinski definition) is 0. The smallest absolute Gasteiger partial charge is 0.298 e. The molecule has 0 radical (unpaired) electrons. The maximum absolute atomic E-state index is 9.82. The lowest BCUT2D eigenvalue weighted by atomic mass is 10.5. The van der Waals surface area contributed by atoms with E-state index in [9.17, 15) is 4.79 Å². The summed E-state index contributed by atoms with van der Waals surface area (Å²) in [6.07, 6.45) is 1.51. The fourth-order valence-corrected chi connectivity index (χ4v) is 0.675. The minimum Gasteiger partial charge on any atom is -0.425 e. The van der Waals surface area contributed by atoms with Gasteiger partial charge in [-0.25, -0.2) is 4.98 Å². The van der Waals surface area contributed by atoms with Crippen molar-refractivity contribution in [2.75, 3.05) is 0 Å². The first-order valence-corrected chi connectivity index (χ1v) is 2.93. The summed E-state index contributed by atoms with van der Waals surface area (Å²) in [5, 5.41) is 0.189. The summed E-state index contributed by atoms with van der Waals surface area (Å²) in [5.41, 5.74) is 0. The molecule has 1 heterocycles. The second kappa shape index (κ2) is 3.17. The van der Waals surface area contributed by atoms with Crippen LogP contribution in [0.1, 0.15) is 0 Å². The van der Waals surface area contributed by atoms with Crippen LogP contribution in [0.4, 0.5) is 0 Å². The Bertz CT molecular complexity index is 239. The normalized spacial score (nSPS) is 8.90. The molecule has 0 fully saturated rings. The van der Waals surface area contributed by atoms with Gasteiger partial charge >= 0.3 is 0 Å². The van der Waals surface area contributed by atoms with Crippen LogP contribution in [0.15, 0.2) is 18.3 Å². The Hall–Kier alpha value is -1.09. The van der Waals surface area contributed by atoms with Gasteiger partial charge in [0.05, 0.1) is 0 Å². The zero-order valence-electron chi connectivity index (χ0n) is 4.95. The molecule has 0 bridgehead atoms. The first-order chi connectivity index (χ1) is 4.84. The fraction of sp³-hybridized carbons (Fsp3) is 0. The third-order valence-electron chi connectivity index (χ3n) is 0.900. The molecule has 0 atom stereocenters. The van der Waals surface area contributed by atoms with Crippen molar-refractivity contribution in [3.63, 3.8) is 0 Å². The van der Waals surface area contributed by atoms with E-state index >= 15 is 0 Å². The van der Waals surface area contributed by atoms with Gasteiger partial charge in [-0.2, -0.15) is 0 Å². The lowest BCUT2D eigenvalue weighted by Crippen LogP contribution is -1.89. The zero-order chi connectivity index (χ0) is 7.40. The van der Waals surface area contributed by atoms with Crippen LogP contribution in [0.3, 0.4) is 0 Å². The monoisotopic (exact) mass is 157 g/mol. The van der Waals surface area contributed by atoms with Crippen LogP contribution < -0.4 is 4.74 Å². The Labute approximate surface area is 62.6 Å². The van der Waals surface area contributed by atoms with Crippen molar-refractivity contribution >= 4 is 18.1 Å². The van der Waals surface area contributed by atoms with Crippen molar-refractivity contribution in [1.29, 1.82) is 0 Å². The molecular formula is C6H4ClNO2. The largest absolute Gasteiger partial charge is 0.425 e. The van der Waals surface area contributed by atoms with Crippen molar-refractivity contribution in [3.8, 4) is 5.75 Å². The molecule has 0 aliphatic rings. The number of carbonyl (C=O) groups excluding carboxylic acids is 1. The zero-order valence-corrected chi connectivity index (χ0v) is 5.71. The third-order valence-corrected chi connectivity index (χ3v) is 1.18. The highest BCUT2D eigenvalue weighted by Gasteiger charge is 1.97. The van der Waals surface area contributed by atoms with Gasteiger partial charge in [-0.15, -0.1) is 0 Å². The Morgan fingerprint density at radius 3 is 3.10 bits per heavy atom. The highest BCUT2D eigenvalue weighted by molar-refractivity contribution is 6.30. The van der Waals surface area contributed by atoms with Gasteiger partial charge in [-0.05, 0) is 12.1 Å². The maximum atomic E-state index is 9.82. The average Bonchev–Trinajstić information content (AvgIpc) is 1.94. The number of halogens is 1. The minimum absolute atomic E-state index is 0.189. The van der Waals surface area contributed by atoms with E-state index in [2.05, 4.69) is 9.72 Å². The molecule has 0 N–H and O–H groups in total. The van der Waals surface area contributed by atoms with Crippen molar-refractivity contribution in [2.24, 2.45) is 0 Å². The fourth-order valence-electron chi connectivity index (χ4n) is 0.511. The summed E-state index contributed by atoms with van der Waals surface area (Å²) < 4.78 is 4.46. The Morgan fingerprint density at radius 2 is 2.50 bits per heavy atom. The first-order valence-electron chi connectivity index (χ1n) is 2.55. The van der Waals surface area contributed by atoms with E-state index in [1.165, 1.54) is 6.20 Å². The molecule has 3 nitrogen and oxygen atoms in total. The lowest BCUT2D eigenvalue weighted by Gasteiger charge is -1.96. The second-order valence-electron chi connectivity index (χ2n) is 1.51. The number of ether oxygens (including phenoxy) is 1. The number of rotatable bonds is 2. The van der Waals surface area contributed by atoms with E-state index in [1.54, 1.807) is 12.1 Å². The standard InChI is InChI=1S/C6H4ClNO2/c7-6-5(10-4-9)2-1-3-8-6/h1-4H. The van der Waals surface area contributed by atoms with Crippen LogP contribution in [0, 0.1) is 0 Å². The van der Waals surface area contributed by atoms with Crippen LogP contribution in [0.25, 0.3) is 0 Å². The molecule has 0 amide bonds. The van der Waals surface area contributed by atoms with Gasteiger partial charge in [-0.3, -0.25) is 4.79 Å². The SMILES string of the molecule is O=COc1cccnc1Cl. The molecule has 10 heavy (non-hydrogen) atoms. The molecule has 1 aromatic rings. The molecule has 52 valence electrons. The van der Waals surface area contributed by atoms with Crippen LogP contribution in [0.2, 0.25) is 5.15 Å². The molecule has 0 unspecified atom stereocenters. The van der Waals surface area contributed by atoms with Gasteiger partial charge in [0.25, 0.3) is 6.47 Å². The van der Waals surface area contributed by atoms with Gasteiger partial charge in [-0.1, -0.05) is 11.6 Å². The average molecular weight is 158 g/mol. The Balaban J connectivity index is 2.91. The summed E-state index contributed by atoms with van der Waals surface area (Å²) in [6, 6.07) is 3.19. The highest BCUT2D eigenvalue weighted by Crippen LogP contribution is 2.18. The van der Waals surface area contributed by atoms with Gasteiger partial charge in [0.15, 0.2) is 10.9 Å². The molecule has 0 aliphatic heterocycles. The number of carbonyl (C=O) groups is 1. The predicted octanol–water partition coefficient (Wildman–Crippen LogP) is 1.27. The van der Waals surface area contributed by atoms with Crippen LogP contribution in [0.5, 0.6) is 5.75 Å². The van der Waals surface area contributed by atoms with Crippen molar-refractivity contribution in [3.05, 3.63) is 23.5 Å². The van der Waals surface area contributed by atoms with E-state index < -0.39 is 0 Å². The Kier molecular flexibility index (Phi) is 2.23. The summed E-state index contributed by atoms with van der Waals surface area (Å²) in [7, 11) is 0. The quantitative estimate of drug-likeness (QED) is 0.480. The molecule has 0 spiro atoms. The van der Waals surface area contributed by atoms with Gasteiger partial charge in [0, 0.05) is 6.20 Å². The minimum atomic E-state index is 0.189. The van der Waals surface area contributed by atoms with E-state index in [0.29, 0.717) is 6.47 Å². The topological polar surface area (TPSA) is 39.2 Å². The molecule has 1 aromatic heterocycles. The molecule has 0 aromatic carbocycles. The summed E-state index contributed by atoms with van der Waals surface area (Å²) in [5.74, 6) is 0.277. The summed E-state index contributed by atoms with van der Waals surface area (Å²) in [6.45, 7) is 0.308. The van der Waals surface area contributed by atoms with Crippen LogP contribution >= 0.6 is 11.6 Å². The summed E-state index contributed by atoms with van der Waals surface area (Å²) in [4.78, 5) is 13.5. The number of pyridine rings is 1. The van der Waals surface area contributed by atoms with Crippen molar-refractivity contribution in [1.82, 2.24) is 4.98 Å². The summed E-state index contributed by atoms with van der Waals surface area (Å²) >= 11 is 5.51. The lowest BCUT2D eigenvalue weighted by molar-refractivity contribution is -0.120. The number of hydrogen-bond acceptors (Lipinski definition) is 3. The molecule has 0 saturated heterocycles. The van der Waals surface area contributed by atoms with Gasteiger partial charge in [0.1, 0.15) is 0 Å². The Morgan fingerprint density at radius 1 is 1.70 bits per heavy atom. The van der Waals surface area contributed by atoms with E-state index in [0.717, 1.165) is 0 Å². The molecule has 0 saturated carbocycles. The molecule has 4 heteroatoms. The third kappa shape index (κ3) is 1.45. The van der Waals surface area contributed by atoms with Crippen LogP contribution in [-0.2, 0) is 4.79 Å². The van der Waals surface area contributed by atoms with Crippen LogP contribution in [-0.4, -0.2) is 11.5 Å². The van der Waals surface area contributed by atoms with E-state index in [1.807, 2.05) is 0 Å². The molecule has 0 aliphatic carbocycles.